The van der Waals surface area contributed by atoms with Crippen LogP contribution in [0.1, 0.15) is 20.3 Å². The van der Waals surface area contributed by atoms with Gasteiger partial charge in [-0.05, 0) is 31.2 Å². The van der Waals surface area contributed by atoms with Crippen LogP contribution in [0.15, 0.2) is 47.0 Å². The highest BCUT2D eigenvalue weighted by Gasteiger charge is 2.43. The van der Waals surface area contributed by atoms with E-state index in [0.717, 1.165) is 42.0 Å². The number of para-hydroxylation sites is 1. The molecule has 5 rings (SSSR count). The van der Waals surface area contributed by atoms with Gasteiger partial charge in [-0.1, -0.05) is 35.8 Å². The van der Waals surface area contributed by atoms with E-state index in [0.29, 0.717) is 23.9 Å². The zero-order valence-corrected chi connectivity index (χ0v) is 19.3. The van der Waals surface area contributed by atoms with Gasteiger partial charge in [0.15, 0.2) is 11.4 Å². The molecule has 2 amide bonds. The van der Waals surface area contributed by atoms with Crippen LogP contribution in [0.4, 0.5) is 16.3 Å². The molecule has 1 aromatic heterocycles. The van der Waals surface area contributed by atoms with Crippen molar-refractivity contribution in [3.8, 4) is 5.75 Å². The molecule has 168 valence electrons. The van der Waals surface area contributed by atoms with Crippen molar-refractivity contribution in [1.82, 2.24) is 10.1 Å². The maximum atomic E-state index is 13.5. The molecule has 1 fully saturated rings. The van der Waals surface area contributed by atoms with Crippen molar-refractivity contribution in [2.45, 2.75) is 26.3 Å². The number of urea groups is 1. The van der Waals surface area contributed by atoms with Gasteiger partial charge >= 0.3 is 6.03 Å². The summed E-state index contributed by atoms with van der Waals surface area (Å²) in [6.45, 7) is 7.09. The average Bonchev–Trinajstić information content (AvgIpc) is 3.09. The van der Waals surface area contributed by atoms with Crippen LogP contribution in [-0.4, -0.2) is 55.4 Å². The Labute approximate surface area is 192 Å². The normalized spacial score (nSPS) is 19.7. The van der Waals surface area contributed by atoms with E-state index in [9.17, 15) is 4.79 Å². The van der Waals surface area contributed by atoms with Crippen molar-refractivity contribution in [3.05, 3.63) is 47.5 Å². The summed E-state index contributed by atoms with van der Waals surface area (Å²) >= 11 is 6.15. The Morgan fingerprint density at radius 1 is 1.28 bits per heavy atom. The predicted molar refractivity (Wildman–Crippen MR) is 126 cm³/mol. The third kappa shape index (κ3) is 3.64. The molecule has 0 aliphatic carbocycles. The molecule has 0 radical (unpaired) electrons. The number of fused-ring (bicyclic) bond motifs is 2. The zero-order valence-electron chi connectivity index (χ0n) is 18.5. The summed E-state index contributed by atoms with van der Waals surface area (Å²) in [5.74, 6) is 1.53. The second-order valence-electron chi connectivity index (χ2n) is 9.28. The molecule has 32 heavy (non-hydrogen) atoms. The minimum Gasteiger partial charge on any atom is -0.491 e. The van der Waals surface area contributed by atoms with E-state index in [1.54, 1.807) is 12.1 Å². The number of hydrogen-bond acceptors (Lipinski definition) is 5. The third-order valence-corrected chi connectivity index (χ3v) is 6.61. The second kappa shape index (κ2) is 7.89. The fourth-order valence-electron chi connectivity index (χ4n) is 4.85. The van der Waals surface area contributed by atoms with Crippen molar-refractivity contribution < 1.29 is 14.1 Å². The molecule has 3 aromatic rings. The first-order valence-electron chi connectivity index (χ1n) is 10.9. The molecule has 2 aliphatic heterocycles. The van der Waals surface area contributed by atoms with Crippen LogP contribution in [0.5, 0.6) is 5.75 Å². The first-order chi connectivity index (χ1) is 15.3. The molecule has 0 saturated carbocycles. The summed E-state index contributed by atoms with van der Waals surface area (Å²) in [5.41, 5.74) is 1.53. The van der Waals surface area contributed by atoms with Crippen LogP contribution >= 0.6 is 11.6 Å². The molecule has 1 atom stereocenters. The Morgan fingerprint density at radius 2 is 2.06 bits per heavy atom. The Morgan fingerprint density at radius 3 is 2.88 bits per heavy atom. The van der Waals surface area contributed by atoms with Crippen molar-refractivity contribution in [3.63, 3.8) is 0 Å². The molecule has 0 spiro atoms. The summed E-state index contributed by atoms with van der Waals surface area (Å²) in [5, 5.41) is 5.88. The van der Waals surface area contributed by atoms with E-state index in [4.69, 9.17) is 20.9 Å². The van der Waals surface area contributed by atoms with Gasteiger partial charge in [0, 0.05) is 55.6 Å². The number of aromatic nitrogens is 1. The Bertz CT molecular complexity index is 1160. The molecule has 3 heterocycles. The molecule has 0 N–H and O–H groups in total. The molecular formula is C24H27ClN4O3. The fraction of sp³-hybridized carbons (Fsp3) is 0.417. The van der Waals surface area contributed by atoms with Crippen molar-refractivity contribution in [2.75, 3.05) is 43.1 Å². The largest absolute Gasteiger partial charge is 0.491 e. The number of halogens is 1. The van der Waals surface area contributed by atoms with E-state index in [1.807, 2.05) is 47.2 Å². The van der Waals surface area contributed by atoms with Crippen LogP contribution in [0.25, 0.3) is 11.0 Å². The number of hydrogen-bond donors (Lipinski definition) is 0. The highest BCUT2D eigenvalue weighted by Crippen LogP contribution is 2.39. The van der Waals surface area contributed by atoms with E-state index in [1.165, 1.54) is 0 Å². The number of anilines is 2. The molecule has 1 unspecified atom stereocenters. The van der Waals surface area contributed by atoms with Gasteiger partial charge in [-0.15, -0.1) is 0 Å². The Hall–Kier alpha value is -2.93. The predicted octanol–water partition coefficient (Wildman–Crippen LogP) is 5.04. The van der Waals surface area contributed by atoms with Crippen LogP contribution in [0, 0.1) is 5.41 Å². The lowest BCUT2D eigenvalue weighted by atomic mass is 9.81. The zero-order chi connectivity index (χ0) is 22.5. The molecule has 2 aliphatic rings. The van der Waals surface area contributed by atoms with Gasteiger partial charge in [-0.3, -0.25) is 4.90 Å². The number of amides is 2. The number of carbonyl (C=O) groups is 1. The van der Waals surface area contributed by atoms with Crippen molar-refractivity contribution >= 4 is 40.1 Å². The quantitative estimate of drug-likeness (QED) is 0.555. The minimum absolute atomic E-state index is 0.0274. The van der Waals surface area contributed by atoms with Gasteiger partial charge < -0.3 is 19.1 Å². The van der Waals surface area contributed by atoms with E-state index >= 15 is 0 Å². The summed E-state index contributed by atoms with van der Waals surface area (Å²) < 4.78 is 11.3. The van der Waals surface area contributed by atoms with Crippen LogP contribution in [0.2, 0.25) is 5.02 Å². The lowest BCUT2D eigenvalue weighted by molar-refractivity contribution is 0.154. The highest BCUT2D eigenvalue weighted by atomic mass is 35.5. The first-order valence-corrected chi connectivity index (χ1v) is 11.3. The average molecular weight is 455 g/mol. The lowest BCUT2D eigenvalue weighted by Gasteiger charge is -2.50. The molecule has 2 aromatic carbocycles. The smallest absolute Gasteiger partial charge is 0.324 e. The van der Waals surface area contributed by atoms with Gasteiger partial charge in [-0.25, -0.2) is 4.79 Å². The SMILES string of the molecule is CC1CCOc2cc(Cl)ccc2N1C(=O)N(C)CC1(C)CN(c2noc3ccccc23)C1. The van der Waals surface area contributed by atoms with Gasteiger partial charge in [0.1, 0.15) is 5.75 Å². The maximum absolute atomic E-state index is 13.5. The summed E-state index contributed by atoms with van der Waals surface area (Å²) in [6, 6.07) is 13.3. The van der Waals surface area contributed by atoms with Gasteiger partial charge in [0.25, 0.3) is 0 Å². The van der Waals surface area contributed by atoms with E-state index < -0.39 is 0 Å². The van der Waals surface area contributed by atoms with Crippen LogP contribution in [0.3, 0.4) is 0 Å². The number of carbonyl (C=O) groups excluding carboxylic acids is 1. The fourth-order valence-corrected chi connectivity index (χ4v) is 5.01. The van der Waals surface area contributed by atoms with Crippen LogP contribution < -0.4 is 14.5 Å². The van der Waals surface area contributed by atoms with Crippen molar-refractivity contribution in [1.29, 1.82) is 0 Å². The standard InChI is InChI=1S/C24H27ClN4O3/c1-16-10-11-31-21-12-17(25)8-9-19(21)29(16)23(30)27(3)13-24(2)14-28(15-24)22-18-6-4-5-7-20(18)32-26-22/h4-9,12,16H,10-11,13-15H2,1-3H3. The third-order valence-electron chi connectivity index (χ3n) is 6.37. The second-order valence-corrected chi connectivity index (χ2v) is 9.71. The molecular weight excluding hydrogens is 428 g/mol. The summed E-state index contributed by atoms with van der Waals surface area (Å²) in [6.07, 6.45) is 0.760. The topological polar surface area (TPSA) is 62.1 Å². The molecule has 8 heteroatoms. The minimum atomic E-state index is -0.0295. The first kappa shape index (κ1) is 20.9. The van der Waals surface area contributed by atoms with E-state index in [-0.39, 0.29) is 17.5 Å². The molecule has 7 nitrogen and oxygen atoms in total. The lowest BCUT2D eigenvalue weighted by Crippen LogP contribution is -2.61. The Balaban J connectivity index is 1.30. The van der Waals surface area contributed by atoms with Gasteiger partial charge in [-0.2, -0.15) is 0 Å². The number of rotatable bonds is 3. The summed E-state index contributed by atoms with van der Waals surface area (Å²) in [7, 11) is 1.87. The summed E-state index contributed by atoms with van der Waals surface area (Å²) in [4.78, 5) is 19.4. The van der Waals surface area contributed by atoms with Gasteiger partial charge in [0.2, 0.25) is 0 Å². The Kier molecular flexibility index (Phi) is 5.16. The number of nitrogens with zero attached hydrogens (tertiary/aromatic N) is 4. The highest BCUT2D eigenvalue weighted by molar-refractivity contribution is 6.30. The van der Waals surface area contributed by atoms with Crippen LogP contribution in [-0.2, 0) is 0 Å². The monoisotopic (exact) mass is 454 g/mol. The molecule has 1 saturated heterocycles. The van der Waals surface area contributed by atoms with Gasteiger partial charge in [0.05, 0.1) is 17.7 Å². The number of ether oxygens (including phenoxy) is 1. The van der Waals surface area contributed by atoms with Crippen molar-refractivity contribution in [2.24, 2.45) is 5.41 Å². The molecule has 0 bridgehead atoms. The van der Waals surface area contributed by atoms with E-state index in [2.05, 4.69) is 23.9 Å². The number of benzene rings is 2. The maximum Gasteiger partial charge on any atom is 0.324 e.